The van der Waals surface area contributed by atoms with Gasteiger partial charge in [0, 0.05) is 38.4 Å². The van der Waals surface area contributed by atoms with Crippen LogP contribution < -0.4 is 9.64 Å². The van der Waals surface area contributed by atoms with E-state index in [2.05, 4.69) is 59.7 Å². The molecule has 1 aromatic heterocycles. The Morgan fingerprint density at radius 3 is 2.41 bits per heavy atom. The Kier molecular flexibility index (Phi) is 6.54. The molecule has 168 valence electrons. The van der Waals surface area contributed by atoms with E-state index in [4.69, 9.17) is 4.74 Å². The molecule has 2 aromatic carbocycles. The van der Waals surface area contributed by atoms with E-state index in [0.29, 0.717) is 26.2 Å². The van der Waals surface area contributed by atoms with Crippen LogP contribution in [0.3, 0.4) is 0 Å². The highest BCUT2D eigenvalue weighted by molar-refractivity contribution is 5.94. The Hall–Kier alpha value is -3.21. The summed E-state index contributed by atoms with van der Waals surface area (Å²) in [4.78, 5) is 17.9. The molecule has 0 saturated carbocycles. The highest BCUT2D eigenvalue weighted by atomic mass is 16.5. The second kappa shape index (κ2) is 9.51. The fourth-order valence-electron chi connectivity index (χ4n) is 4.63. The number of hydrogen-bond donors (Lipinski definition) is 0. The molecule has 1 aliphatic rings. The monoisotopic (exact) mass is 431 g/mol. The number of nitrogens with zero attached hydrogens (tertiary/aromatic N) is 3. The Morgan fingerprint density at radius 1 is 0.938 bits per heavy atom. The molecule has 2 heterocycles. The van der Waals surface area contributed by atoms with Crippen molar-refractivity contribution in [1.29, 1.82) is 0 Å². The first-order valence-electron chi connectivity index (χ1n) is 11.5. The highest BCUT2D eigenvalue weighted by Gasteiger charge is 2.27. The number of aryl methyl sites for hydroxylation is 3. The van der Waals surface area contributed by atoms with Crippen LogP contribution in [0.2, 0.25) is 0 Å². The van der Waals surface area contributed by atoms with Crippen molar-refractivity contribution in [3.8, 4) is 5.75 Å². The number of hydrogen-bond acceptors (Lipinski definition) is 3. The van der Waals surface area contributed by atoms with Gasteiger partial charge in [0.2, 0.25) is 0 Å². The summed E-state index contributed by atoms with van der Waals surface area (Å²) in [7, 11) is 0. The molecule has 1 aliphatic heterocycles. The topological polar surface area (TPSA) is 37.7 Å². The van der Waals surface area contributed by atoms with Gasteiger partial charge in [0.15, 0.2) is 0 Å². The third-order valence-corrected chi connectivity index (χ3v) is 6.19. The molecule has 0 aliphatic carbocycles. The van der Waals surface area contributed by atoms with Crippen LogP contribution in [0.1, 0.15) is 39.8 Å². The van der Waals surface area contributed by atoms with Crippen molar-refractivity contribution >= 4 is 11.6 Å². The van der Waals surface area contributed by atoms with E-state index in [1.54, 1.807) is 0 Å². The van der Waals surface area contributed by atoms with Crippen molar-refractivity contribution < 1.29 is 9.53 Å². The number of amides is 1. The fraction of sp³-hybridized carbons (Fsp3) is 0.370. The summed E-state index contributed by atoms with van der Waals surface area (Å²) in [6, 6.07) is 18.8. The van der Waals surface area contributed by atoms with Gasteiger partial charge >= 0.3 is 0 Å². The molecule has 3 aromatic rings. The predicted octanol–water partition coefficient (Wildman–Crippen LogP) is 4.82. The van der Waals surface area contributed by atoms with Gasteiger partial charge in [-0.15, -0.1) is 0 Å². The molecule has 0 spiro atoms. The van der Waals surface area contributed by atoms with Gasteiger partial charge in [-0.3, -0.25) is 4.79 Å². The van der Waals surface area contributed by atoms with Crippen LogP contribution in [-0.4, -0.2) is 48.2 Å². The number of rotatable bonds is 6. The number of aromatic nitrogens is 1. The zero-order valence-electron chi connectivity index (χ0n) is 19.6. The summed E-state index contributed by atoms with van der Waals surface area (Å²) in [5.74, 6) is 1.04. The molecule has 32 heavy (non-hydrogen) atoms. The third kappa shape index (κ3) is 4.52. The molecule has 4 rings (SSSR count). The Morgan fingerprint density at radius 2 is 1.69 bits per heavy atom. The van der Waals surface area contributed by atoms with Gasteiger partial charge < -0.3 is 19.1 Å². The molecular formula is C27H33N3O2. The first-order chi connectivity index (χ1) is 15.5. The molecular weight excluding hydrogens is 398 g/mol. The van der Waals surface area contributed by atoms with Crippen molar-refractivity contribution in [2.24, 2.45) is 0 Å². The van der Waals surface area contributed by atoms with E-state index >= 15 is 0 Å². The normalized spacial score (nSPS) is 14.0. The summed E-state index contributed by atoms with van der Waals surface area (Å²) in [6.07, 6.45) is 0. The quantitative estimate of drug-likeness (QED) is 0.561. The van der Waals surface area contributed by atoms with Crippen LogP contribution in [0.4, 0.5) is 5.69 Å². The second-order valence-electron chi connectivity index (χ2n) is 8.57. The summed E-state index contributed by atoms with van der Waals surface area (Å²) in [5, 5.41) is 0. The molecule has 1 saturated heterocycles. The highest BCUT2D eigenvalue weighted by Crippen LogP contribution is 2.29. The van der Waals surface area contributed by atoms with Crippen molar-refractivity contribution in [2.75, 3.05) is 37.7 Å². The number of carbonyl (C=O) groups excluding carboxylic acids is 1. The van der Waals surface area contributed by atoms with Gasteiger partial charge in [-0.2, -0.15) is 0 Å². The van der Waals surface area contributed by atoms with Crippen LogP contribution >= 0.6 is 0 Å². The van der Waals surface area contributed by atoms with Crippen LogP contribution in [0.15, 0.2) is 54.6 Å². The maximum atomic E-state index is 13.6. The zero-order valence-corrected chi connectivity index (χ0v) is 19.6. The van der Waals surface area contributed by atoms with Crippen LogP contribution in [0, 0.1) is 20.8 Å². The van der Waals surface area contributed by atoms with Crippen molar-refractivity contribution in [1.82, 2.24) is 9.47 Å². The number of piperazine rings is 1. The van der Waals surface area contributed by atoms with Gasteiger partial charge in [-0.05, 0) is 57.0 Å². The predicted molar refractivity (Wildman–Crippen MR) is 130 cm³/mol. The van der Waals surface area contributed by atoms with Crippen LogP contribution in [0.5, 0.6) is 5.75 Å². The lowest BCUT2D eigenvalue weighted by Gasteiger charge is -2.37. The van der Waals surface area contributed by atoms with E-state index in [-0.39, 0.29) is 5.91 Å². The average Bonchev–Trinajstić information content (AvgIpc) is 3.06. The minimum atomic E-state index is 0.126. The zero-order chi connectivity index (χ0) is 22.7. The largest absolute Gasteiger partial charge is 0.492 e. The molecule has 0 N–H and O–H groups in total. The molecule has 0 unspecified atom stereocenters. The van der Waals surface area contributed by atoms with Gasteiger partial charge in [-0.1, -0.05) is 42.0 Å². The molecule has 5 heteroatoms. The van der Waals surface area contributed by atoms with E-state index in [1.165, 1.54) is 11.1 Å². The van der Waals surface area contributed by atoms with Crippen LogP contribution in [0.25, 0.3) is 0 Å². The van der Waals surface area contributed by atoms with Crippen molar-refractivity contribution in [3.63, 3.8) is 0 Å². The fourth-order valence-corrected chi connectivity index (χ4v) is 4.63. The average molecular weight is 432 g/mol. The molecule has 1 amide bonds. The Labute approximate surface area is 191 Å². The number of ether oxygens (including phenoxy) is 1. The molecule has 0 atom stereocenters. The number of para-hydroxylation sites is 2. The molecule has 0 radical (unpaired) electrons. The molecule has 1 fully saturated rings. The van der Waals surface area contributed by atoms with E-state index in [1.807, 2.05) is 36.9 Å². The summed E-state index contributed by atoms with van der Waals surface area (Å²) >= 11 is 0. The molecule has 5 nitrogen and oxygen atoms in total. The lowest BCUT2D eigenvalue weighted by Crippen LogP contribution is -2.49. The van der Waals surface area contributed by atoms with Crippen molar-refractivity contribution in [3.05, 3.63) is 82.7 Å². The van der Waals surface area contributed by atoms with Gasteiger partial charge in [0.1, 0.15) is 11.4 Å². The van der Waals surface area contributed by atoms with Crippen molar-refractivity contribution in [2.45, 2.75) is 34.2 Å². The summed E-state index contributed by atoms with van der Waals surface area (Å²) in [5.41, 5.74) is 6.54. The minimum absolute atomic E-state index is 0.126. The Balaban J connectivity index is 1.50. The summed E-state index contributed by atoms with van der Waals surface area (Å²) in [6.45, 7) is 12.6. The van der Waals surface area contributed by atoms with Gasteiger partial charge in [-0.25, -0.2) is 0 Å². The van der Waals surface area contributed by atoms with E-state index in [9.17, 15) is 4.79 Å². The van der Waals surface area contributed by atoms with Gasteiger partial charge in [0.25, 0.3) is 5.91 Å². The van der Waals surface area contributed by atoms with Crippen LogP contribution in [-0.2, 0) is 6.54 Å². The first kappa shape index (κ1) is 22.0. The van der Waals surface area contributed by atoms with Gasteiger partial charge in [0.05, 0.1) is 12.3 Å². The molecule has 0 bridgehead atoms. The number of carbonyl (C=O) groups is 1. The SMILES string of the molecule is CCOc1ccccc1N1CCN(C(=O)c2c(C)cc(C)n2Cc2cccc(C)c2)CC1. The van der Waals surface area contributed by atoms with E-state index in [0.717, 1.165) is 41.5 Å². The number of anilines is 1. The summed E-state index contributed by atoms with van der Waals surface area (Å²) < 4.78 is 7.98. The lowest BCUT2D eigenvalue weighted by atomic mass is 10.1. The smallest absolute Gasteiger partial charge is 0.270 e. The lowest BCUT2D eigenvalue weighted by molar-refractivity contribution is 0.0735. The minimum Gasteiger partial charge on any atom is -0.492 e. The second-order valence-corrected chi connectivity index (χ2v) is 8.57. The van der Waals surface area contributed by atoms with E-state index < -0.39 is 0 Å². The maximum Gasteiger partial charge on any atom is 0.270 e. The maximum absolute atomic E-state index is 13.6. The Bertz CT molecular complexity index is 1090. The first-order valence-corrected chi connectivity index (χ1v) is 11.5. The third-order valence-electron chi connectivity index (χ3n) is 6.19. The standard InChI is InChI=1S/C27H33N3O2/c1-5-32-25-12-7-6-11-24(25)28-13-15-29(16-14-28)27(31)26-21(3)18-22(4)30(26)19-23-10-8-9-20(2)17-23/h6-12,17-18H,5,13-16,19H2,1-4H3. The number of benzene rings is 2.